The summed E-state index contributed by atoms with van der Waals surface area (Å²) < 4.78 is 27.7. The molecule has 0 aliphatic carbocycles. The van der Waals surface area contributed by atoms with Crippen molar-refractivity contribution in [2.45, 2.75) is 30.2 Å². The third kappa shape index (κ3) is 4.43. The van der Waals surface area contributed by atoms with E-state index >= 15 is 0 Å². The summed E-state index contributed by atoms with van der Waals surface area (Å²) in [7, 11) is -3.86. The minimum Gasteiger partial charge on any atom is -0.359 e. The highest BCUT2D eigenvalue weighted by molar-refractivity contribution is 7.92. The standard InChI is InChI=1S/C23H21Cl2N5O3S/c24-16-3-8-19-15(14-16)2-1-12-30(19)20-11-13-29(23(20)31)17-4-6-18(7-5-17)34(32,33)28-22-10-9-21(25)26-27-22/h3-10,14,20H,1-2,11-13H2,(H,27,28)/t20-/m1/s1. The minimum absolute atomic E-state index is 0.00738. The summed E-state index contributed by atoms with van der Waals surface area (Å²) in [4.78, 5) is 17.3. The first kappa shape index (κ1) is 22.9. The number of aryl methyl sites for hydroxylation is 1. The maximum Gasteiger partial charge on any atom is 0.263 e. The molecule has 2 aromatic carbocycles. The van der Waals surface area contributed by atoms with Crippen LogP contribution in [0.25, 0.3) is 0 Å². The molecule has 0 bridgehead atoms. The molecule has 1 aromatic heterocycles. The summed E-state index contributed by atoms with van der Waals surface area (Å²) in [6, 6.07) is 14.7. The summed E-state index contributed by atoms with van der Waals surface area (Å²) in [6.07, 6.45) is 2.61. The van der Waals surface area contributed by atoms with Crippen LogP contribution in [-0.2, 0) is 21.2 Å². The highest BCUT2D eigenvalue weighted by Crippen LogP contribution is 2.35. The summed E-state index contributed by atoms with van der Waals surface area (Å²) in [5.74, 6) is 0.0714. The molecule has 0 spiro atoms. The number of nitrogens with one attached hydrogen (secondary N) is 1. The smallest absolute Gasteiger partial charge is 0.263 e. The van der Waals surface area contributed by atoms with Crippen molar-refractivity contribution in [2.24, 2.45) is 0 Å². The number of halogens is 2. The molecule has 0 unspecified atom stereocenters. The molecule has 1 fully saturated rings. The number of benzene rings is 2. The van der Waals surface area contributed by atoms with Crippen molar-refractivity contribution in [3.63, 3.8) is 0 Å². The number of hydrogen-bond donors (Lipinski definition) is 1. The van der Waals surface area contributed by atoms with Crippen molar-refractivity contribution in [3.05, 3.63) is 70.3 Å². The molecule has 0 radical (unpaired) electrons. The molecule has 176 valence electrons. The van der Waals surface area contributed by atoms with Gasteiger partial charge in [-0.05, 0) is 79.4 Å². The van der Waals surface area contributed by atoms with Crippen LogP contribution in [-0.4, -0.2) is 43.7 Å². The van der Waals surface area contributed by atoms with Gasteiger partial charge in [-0.1, -0.05) is 23.2 Å². The molecule has 2 aliphatic rings. The van der Waals surface area contributed by atoms with Crippen molar-refractivity contribution in [1.29, 1.82) is 0 Å². The number of aromatic nitrogens is 2. The lowest BCUT2D eigenvalue weighted by Gasteiger charge is -2.35. The number of carbonyl (C=O) groups excluding carboxylic acids is 1. The highest BCUT2D eigenvalue weighted by Gasteiger charge is 2.38. The Morgan fingerprint density at radius 3 is 2.50 bits per heavy atom. The Balaban J connectivity index is 1.32. The van der Waals surface area contributed by atoms with Crippen LogP contribution in [0.15, 0.2) is 59.5 Å². The van der Waals surface area contributed by atoms with Crippen molar-refractivity contribution >= 4 is 56.3 Å². The van der Waals surface area contributed by atoms with E-state index in [9.17, 15) is 13.2 Å². The van der Waals surface area contributed by atoms with E-state index in [1.807, 2.05) is 18.2 Å². The zero-order valence-electron chi connectivity index (χ0n) is 18.0. The molecule has 1 atom stereocenters. The van der Waals surface area contributed by atoms with Crippen LogP contribution in [0.2, 0.25) is 10.2 Å². The lowest BCUT2D eigenvalue weighted by molar-refractivity contribution is -0.118. The summed E-state index contributed by atoms with van der Waals surface area (Å²) in [6.45, 7) is 1.38. The number of nitrogens with zero attached hydrogens (tertiary/aromatic N) is 4. The number of amides is 1. The number of hydrogen-bond acceptors (Lipinski definition) is 6. The van der Waals surface area contributed by atoms with Crippen LogP contribution in [0, 0.1) is 0 Å². The molecular formula is C23H21Cl2N5O3S. The predicted molar refractivity (Wildman–Crippen MR) is 132 cm³/mol. The van der Waals surface area contributed by atoms with E-state index < -0.39 is 10.0 Å². The molecule has 0 saturated carbocycles. The lowest BCUT2D eigenvalue weighted by atomic mass is 9.99. The Morgan fingerprint density at radius 2 is 1.76 bits per heavy atom. The molecule has 1 saturated heterocycles. The van der Waals surface area contributed by atoms with Crippen LogP contribution in [0.5, 0.6) is 0 Å². The van der Waals surface area contributed by atoms with Crippen LogP contribution in [0.1, 0.15) is 18.4 Å². The van der Waals surface area contributed by atoms with Gasteiger partial charge in [0.1, 0.15) is 6.04 Å². The van der Waals surface area contributed by atoms with E-state index in [1.54, 1.807) is 17.0 Å². The van der Waals surface area contributed by atoms with Gasteiger partial charge >= 0.3 is 0 Å². The van der Waals surface area contributed by atoms with Crippen LogP contribution >= 0.6 is 23.2 Å². The van der Waals surface area contributed by atoms with E-state index in [1.165, 1.54) is 24.3 Å². The van der Waals surface area contributed by atoms with Gasteiger partial charge in [0.2, 0.25) is 5.91 Å². The normalized spacial score (nSPS) is 18.2. The average molecular weight is 518 g/mol. The fourth-order valence-corrected chi connectivity index (χ4v) is 5.79. The van der Waals surface area contributed by atoms with Crippen molar-refractivity contribution in [3.8, 4) is 0 Å². The summed E-state index contributed by atoms with van der Waals surface area (Å²) >= 11 is 11.9. The van der Waals surface area contributed by atoms with Gasteiger partial charge in [0, 0.05) is 29.5 Å². The van der Waals surface area contributed by atoms with E-state index in [0.29, 0.717) is 23.7 Å². The predicted octanol–water partition coefficient (Wildman–Crippen LogP) is 4.14. The lowest BCUT2D eigenvalue weighted by Crippen LogP contribution is -2.44. The number of fused-ring (bicyclic) bond motifs is 1. The molecule has 3 aromatic rings. The Bertz CT molecular complexity index is 1330. The molecule has 5 rings (SSSR count). The second kappa shape index (κ2) is 9.05. The zero-order chi connectivity index (χ0) is 23.9. The Morgan fingerprint density at radius 1 is 0.971 bits per heavy atom. The monoisotopic (exact) mass is 517 g/mol. The number of sulfonamides is 1. The van der Waals surface area contributed by atoms with Crippen LogP contribution in [0.4, 0.5) is 17.2 Å². The third-order valence-electron chi connectivity index (χ3n) is 6.08. The topological polar surface area (TPSA) is 95.5 Å². The highest BCUT2D eigenvalue weighted by atomic mass is 35.5. The second-order valence-electron chi connectivity index (χ2n) is 8.21. The Hall–Kier alpha value is -2.88. The molecule has 34 heavy (non-hydrogen) atoms. The van der Waals surface area contributed by atoms with Gasteiger partial charge < -0.3 is 9.80 Å². The average Bonchev–Trinajstić information content (AvgIpc) is 3.21. The molecule has 3 heterocycles. The Kier molecular flexibility index (Phi) is 6.09. The molecule has 1 amide bonds. The maximum absolute atomic E-state index is 13.3. The van der Waals surface area contributed by atoms with Gasteiger partial charge in [0.05, 0.1) is 4.90 Å². The summed E-state index contributed by atoms with van der Waals surface area (Å²) in [5, 5.41) is 8.21. The Labute approximate surface area is 207 Å². The largest absolute Gasteiger partial charge is 0.359 e. The fraction of sp³-hybridized carbons (Fsp3) is 0.261. The van der Waals surface area contributed by atoms with Gasteiger partial charge in [-0.15, -0.1) is 10.2 Å². The minimum atomic E-state index is -3.86. The molecule has 1 N–H and O–H groups in total. The van der Waals surface area contributed by atoms with E-state index in [4.69, 9.17) is 23.2 Å². The van der Waals surface area contributed by atoms with Crippen molar-refractivity contribution < 1.29 is 13.2 Å². The molecule has 11 heteroatoms. The van der Waals surface area contributed by atoms with Crippen LogP contribution < -0.4 is 14.5 Å². The van der Waals surface area contributed by atoms with Gasteiger partial charge in [-0.3, -0.25) is 9.52 Å². The third-order valence-corrected chi connectivity index (χ3v) is 7.89. The van der Waals surface area contributed by atoms with Crippen LogP contribution in [0.3, 0.4) is 0 Å². The quantitative estimate of drug-likeness (QED) is 0.546. The first-order valence-electron chi connectivity index (χ1n) is 10.8. The van der Waals surface area contributed by atoms with Crippen molar-refractivity contribution in [2.75, 3.05) is 27.6 Å². The van der Waals surface area contributed by atoms with Gasteiger partial charge in [-0.2, -0.15) is 0 Å². The van der Waals surface area contributed by atoms with Gasteiger partial charge in [0.15, 0.2) is 11.0 Å². The molecule has 2 aliphatic heterocycles. The fourth-order valence-electron chi connectivity index (χ4n) is 4.50. The first-order chi connectivity index (χ1) is 16.3. The summed E-state index contributed by atoms with van der Waals surface area (Å²) in [5.41, 5.74) is 2.89. The number of carbonyl (C=O) groups is 1. The SMILES string of the molecule is O=C1[C@H](N2CCCc3cc(Cl)ccc32)CCN1c1ccc(S(=O)(=O)Nc2ccc(Cl)nn2)cc1. The first-order valence-corrected chi connectivity index (χ1v) is 13.0. The second-order valence-corrected chi connectivity index (χ2v) is 10.7. The maximum atomic E-state index is 13.3. The van der Waals surface area contributed by atoms with E-state index in [2.05, 4.69) is 19.8 Å². The van der Waals surface area contributed by atoms with Gasteiger partial charge in [0.25, 0.3) is 10.0 Å². The number of anilines is 3. The number of rotatable bonds is 5. The van der Waals surface area contributed by atoms with E-state index in [0.717, 1.165) is 30.6 Å². The molecule has 8 nitrogen and oxygen atoms in total. The zero-order valence-corrected chi connectivity index (χ0v) is 20.3. The van der Waals surface area contributed by atoms with Crippen molar-refractivity contribution in [1.82, 2.24) is 10.2 Å². The molecular weight excluding hydrogens is 497 g/mol. The van der Waals surface area contributed by atoms with E-state index in [-0.39, 0.29) is 27.8 Å². The van der Waals surface area contributed by atoms with Gasteiger partial charge in [-0.25, -0.2) is 8.42 Å².